The van der Waals surface area contributed by atoms with E-state index in [9.17, 15) is 61.0 Å². The van der Waals surface area contributed by atoms with Crippen molar-refractivity contribution in [3.05, 3.63) is 85.1 Å². The number of aliphatic hydroxyl groups excluding tert-OH is 11. The van der Waals surface area contributed by atoms with Crippen molar-refractivity contribution in [3.8, 4) is 0 Å². The summed E-state index contributed by atoms with van der Waals surface area (Å²) >= 11 is 0. The largest absolute Gasteiger partial charge is 0.394 e. The van der Waals surface area contributed by atoms with Crippen LogP contribution < -0.4 is 5.32 Å². The van der Waals surface area contributed by atoms with Crippen molar-refractivity contribution in [2.75, 3.05) is 26.4 Å². The summed E-state index contributed by atoms with van der Waals surface area (Å²) in [4.78, 5) is 13.3. The van der Waals surface area contributed by atoms with Crippen LogP contribution in [0.5, 0.6) is 0 Å². The molecule has 17 atom stereocenters. The molecule has 19 nitrogen and oxygen atoms in total. The van der Waals surface area contributed by atoms with Gasteiger partial charge in [0.1, 0.15) is 73.2 Å². The third kappa shape index (κ3) is 28.4. The Morgan fingerprint density at radius 2 is 0.841 bits per heavy atom. The van der Waals surface area contributed by atoms with Crippen molar-refractivity contribution in [1.29, 1.82) is 0 Å². The third-order valence-corrected chi connectivity index (χ3v) is 14.9. The minimum absolute atomic E-state index is 0.184. The van der Waals surface area contributed by atoms with E-state index in [1.165, 1.54) is 70.6 Å². The maximum Gasteiger partial charge on any atom is 0.220 e. The Morgan fingerprint density at radius 3 is 1.32 bits per heavy atom. The van der Waals surface area contributed by atoms with Gasteiger partial charge in [0.2, 0.25) is 5.91 Å². The SMILES string of the molecule is CC/C=C\C/C=C\C/C=C\C/C=C\C/C=C\C/C=C\CCCCC(=O)NC(COC1OC(CO)C(OC2OC(CO)C(OC3OC(CO)C(O)C(O)C3O)C(O)C2O)C(O)C1O)C(O)/C=C/CCCCCCCCCCCCCCCC. The van der Waals surface area contributed by atoms with Gasteiger partial charge in [0, 0.05) is 6.42 Å². The molecule has 3 heterocycles. The van der Waals surface area contributed by atoms with Gasteiger partial charge < -0.3 is 89.9 Å². The van der Waals surface area contributed by atoms with Crippen molar-refractivity contribution in [2.24, 2.45) is 0 Å². The van der Waals surface area contributed by atoms with Gasteiger partial charge in [0.05, 0.1) is 38.6 Å². The Hall–Kier alpha value is -3.03. The van der Waals surface area contributed by atoms with E-state index in [-0.39, 0.29) is 18.9 Å². The predicted molar refractivity (Wildman–Crippen MR) is 314 cm³/mol. The molecule has 472 valence electrons. The van der Waals surface area contributed by atoms with Crippen molar-refractivity contribution >= 4 is 5.91 Å². The molecule has 3 saturated heterocycles. The Morgan fingerprint density at radius 1 is 0.451 bits per heavy atom. The van der Waals surface area contributed by atoms with E-state index in [0.717, 1.165) is 77.0 Å². The summed E-state index contributed by atoms with van der Waals surface area (Å²) in [6, 6.07) is -1.00. The third-order valence-electron chi connectivity index (χ3n) is 14.9. The average Bonchev–Trinajstić information content (AvgIpc) is 3.40. The van der Waals surface area contributed by atoms with Crippen molar-refractivity contribution < 1.29 is 89.4 Å². The number of ether oxygens (including phenoxy) is 6. The number of carbonyl (C=O) groups excluding carboxylic acids is 1. The molecule has 1 amide bonds. The highest BCUT2D eigenvalue weighted by Crippen LogP contribution is 2.33. The first-order chi connectivity index (χ1) is 39.8. The standard InChI is InChI=1S/C63H107NO18/c1-3-5-7-9-11-13-15-17-19-21-22-23-24-25-27-29-31-33-35-37-39-41-51(69)64-46(47(68)40-38-36-34-32-30-28-26-20-18-16-14-12-10-8-6-4-2)45-77-61-57(75)54(72)59(49(43-66)79-61)82-63-58(76)55(73)60(50(44-67)80-63)81-62-56(74)53(71)52(70)48(42-65)78-62/h5,7,11,13,17,19,22-23,25,27,31,33,38,40,46-50,52-63,65-68,70-76H,3-4,6,8-10,12,14-16,18,20-21,24,26,28-30,32,34-37,39,41-45H2,1-2H3,(H,64,69)/b7-5-,13-11-,19-17-,23-22-,27-25-,33-31-,40-38+. The van der Waals surface area contributed by atoms with Crippen LogP contribution in [0.25, 0.3) is 0 Å². The summed E-state index contributed by atoms with van der Waals surface area (Å²) in [7, 11) is 0. The fourth-order valence-electron chi connectivity index (χ4n) is 9.90. The van der Waals surface area contributed by atoms with Gasteiger partial charge in [-0.3, -0.25) is 4.79 Å². The van der Waals surface area contributed by atoms with Crippen molar-refractivity contribution in [1.82, 2.24) is 5.32 Å². The molecule has 3 aliphatic heterocycles. The minimum Gasteiger partial charge on any atom is -0.394 e. The van der Waals surface area contributed by atoms with Crippen LogP contribution in [-0.4, -0.2) is 193 Å². The lowest BCUT2D eigenvalue weighted by Gasteiger charge is -2.48. The van der Waals surface area contributed by atoms with E-state index >= 15 is 0 Å². The smallest absolute Gasteiger partial charge is 0.220 e. The quantitative estimate of drug-likeness (QED) is 0.0247. The number of carbonyl (C=O) groups is 1. The normalized spacial score (nSPS) is 30.2. The zero-order valence-corrected chi connectivity index (χ0v) is 49.2. The second-order valence-electron chi connectivity index (χ2n) is 21.8. The molecule has 3 rings (SSSR count). The van der Waals surface area contributed by atoms with Crippen LogP contribution in [0.3, 0.4) is 0 Å². The van der Waals surface area contributed by atoms with E-state index in [0.29, 0.717) is 6.42 Å². The van der Waals surface area contributed by atoms with E-state index < -0.39 is 124 Å². The summed E-state index contributed by atoms with van der Waals surface area (Å²) in [5.41, 5.74) is 0. The molecule has 19 heteroatoms. The molecule has 0 saturated carbocycles. The summed E-state index contributed by atoms with van der Waals surface area (Å²) in [6.07, 6.45) is 28.4. The lowest BCUT2D eigenvalue weighted by Crippen LogP contribution is -2.66. The molecule has 0 bridgehead atoms. The number of amides is 1. The van der Waals surface area contributed by atoms with Crippen LogP contribution >= 0.6 is 0 Å². The van der Waals surface area contributed by atoms with E-state index in [1.54, 1.807) is 6.08 Å². The van der Waals surface area contributed by atoms with Gasteiger partial charge in [-0.15, -0.1) is 0 Å². The van der Waals surface area contributed by atoms with Gasteiger partial charge in [0.15, 0.2) is 18.9 Å². The Bertz CT molecular complexity index is 1820. The zero-order chi connectivity index (χ0) is 59.7. The number of allylic oxidation sites excluding steroid dienone is 13. The summed E-state index contributed by atoms with van der Waals surface area (Å²) < 4.78 is 34.2. The molecule has 0 aromatic heterocycles. The van der Waals surface area contributed by atoms with Gasteiger partial charge >= 0.3 is 0 Å². The van der Waals surface area contributed by atoms with Gasteiger partial charge in [-0.25, -0.2) is 0 Å². The molecule has 82 heavy (non-hydrogen) atoms. The molecule has 3 aliphatic rings. The monoisotopic (exact) mass is 1170 g/mol. The first kappa shape index (κ1) is 73.2. The zero-order valence-electron chi connectivity index (χ0n) is 49.2. The first-order valence-corrected chi connectivity index (χ1v) is 30.8. The van der Waals surface area contributed by atoms with Crippen LogP contribution in [-0.2, 0) is 33.2 Å². The second kappa shape index (κ2) is 45.3. The molecule has 12 N–H and O–H groups in total. The Kier molecular flexibility index (Phi) is 40.5. The molecule has 0 aromatic rings. The summed E-state index contributed by atoms with van der Waals surface area (Å²) in [6.45, 7) is 1.56. The molecule has 0 aliphatic carbocycles. The minimum atomic E-state index is -1.99. The number of aliphatic hydroxyl groups is 11. The summed E-state index contributed by atoms with van der Waals surface area (Å²) in [5.74, 6) is -0.321. The van der Waals surface area contributed by atoms with Crippen molar-refractivity contribution in [3.63, 3.8) is 0 Å². The number of unbranched alkanes of at least 4 members (excludes halogenated alkanes) is 16. The van der Waals surface area contributed by atoms with Crippen LogP contribution in [0.15, 0.2) is 85.1 Å². The average molecular weight is 1170 g/mol. The molecular weight excluding hydrogens is 1060 g/mol. The number of hydrogen-bond acceptors (Lipinski definition) is 18. The van der Waals surface area contributed by atoms with Crippen LogP contribution in [0.1, 0.15) is 174 Å². The highest BCUT2D eigenvalue weighted by Gasteiger charge is 2.53. The van der Waals surface area contributed by atoms with Gasteiger partial charge in [-0.05, 0) is 70.6 Å². The Labute approximate surface area is 489 Å². The number of nitrogens with one attached hydrogen (secondary N) is 1. The van der Waals surface area contributed by atoms with Crippen LogP contribution in [0.2, 0.25) is 0 Å². The lowest BCUT2D eigenvalue weighted by atomic mass is 9.96. The number of rotatable bonds is 44. The number of hydrogen-bond donors (Lipinski definition) is 12. The molecule has 17 unspecified atom stereocenters. The lowest BCUT2D eigenvalue weighted by molar-refractivity contribution is -0.379. The summed E-state index contributed by atoms with van der Waals surface area (Å²) in [5, 5.41) is 120. The van der Waals surface area contributed by atoms with Gasteiger partial charge in [0.25, 0.3) is 0 Å². The first-order valence-electron chi connectivity index (χ1n) is 30.8. The highest BCUT2D eigenvalue weighted by molar-refractivity contribution is 5.76. The predicted octanol–water partition coefficient (Wildman–Crippen LogP) is 5.98. The fourth-order valence-corrected chi connectivity index (χ4v) is 9.90. The van der Waals surface area contributed by atoms with Crippen LogP contribution in [0, 0.1) is 0 Å². The molecular formula is C63H107NO18. The van der Waals surface area contributed by atoms with E-state index in [1.807, 2.05) is 6.08 Å². The maximum atomic E-state index is 13.3. The van der Waals surface area contributed by atoms with Crippen molar-refractivity contribution in [2.45, 2.75) is 279 Å². The molecule has 0 spiro atoms. The highest BCUT2D eigenvalue weighted by atomic mass is 16.8. The topological polar surface area (TPSA) is 307 Å². The van der Waals surface area contributed by atoms with Crippen LogP contribution in [0.4, 0.5) is 0 Å². The molecule has 0 aromatic carbocycles. The van der Waals surface area contributed by atoms with E-state index in [4.69, 9.17) is 28.4 Å². The fraction of sp³-hybridized carbons (Fsp3) is 0.762. The molecule has 0 radical (unpaired) electrons. The van der Waals surface area contributed by atoms with Gasteiger partial charge in [-0.2, -0.15) is 0 Å². The second-order valence-corrected chi connectivity index (χ2v) is 21.8. The van der Waals surface area contributed by atoms with E-state index in [2.05, 4.69) is 92.1 Å². The molecule has 3 fully saturated rings. The van der Waals surface area contributed by atoms with Gasteiger partial charge in [-0.1, -0.05) is 182 Å². The Balaban J connectivity index is 1.52. The maximum absolute atomic E-state index is 13.3.